The Labute approximate surface area is 249 Å². The molecule has 0 aromatic carbocycles. The van der Waals surface area contributed by atoms with Gasteiger partial charge in [-0.25, -0.2) is 8.91 Å². The number of hydrogen-bond acceptors (Lipinski definition) is 9. The maximum Gasteiger partial charge on any atom is 0.176 e. The zero-order valence-corrected chi connectivity index (χ0v) is 24.9. The molecule has 12 heteroatoms. The van der Waals surface area contributed by atoms with Crippen LogP contribution in [-0.2, 0) is 13.1 Å². The molecule has 0 amide bonds. The lowest BCUT2D eigenvalue weighted by Crippen LogP contribution is -2.57. The minimum atomic E-state index is -0.824. The number of aliphatic hydroxyl groups is 1. The summed E-state index contributed by atoms with van der Waals surface area (Å²) in [4.78, 5) is 6.69. The average Bonchev–Trinajstić information content (AvgIpc) is 3.56. The highest BCUT2D eigenvalue weighted by atomic mass is 19.1. The first-order chi connectivity index (χ1) is 20.7. The van der Waals surface area contributed by atoms with Gasteiger partial charge in [-0.3, -0.25) is 14.6 Å². The van der Waals surface area contributed by atoms with Crippen molar-refractivity contribution >= 4 is 5.52 Å². The van der Waals surface area contributed by atoms with E-state index in [0.29, 0.717) is 28.6 Å². The van der Waals surface area contributed by atoms with Crippen molar-refractivity contribution in [3.8, 4) is 28.9 Å². The Kier molecular flexibility index (Phi) is 7.70. The lowest BCUT2D eigenvalue weighted by Gasteiger charge is -2.54. The number of nitrogens with zero attached hydrogens (tertiary/aromatic N) is 7. The molecule has 0 unspecified atom stereocenters. The van der Waals surface area contributed by atoms with Crippen LogP contribution in [0.25, 0.3) is 16.8 Å². The van der Waals surface area contributed by atoms with Crippen LogP contribution in [-0.4, -0.2) is 66.2 Å². The average molecular weight is 589 g/mol. The molecule has 1 aliphatic heterocycles. The molecule has 43 heavy (non-hydrogen) atoms. The third kappa shape index (κ3) is 5.39. The highest BCUT2D eigenvalue weighted by Gasteiger charge is 2.46. The van der Waals surface area contributed by atoms with Gasteiger partial charge in [-0.05, 0) is 69.7 Å². The summed E-state index contributed by atoms with van der Waals surface area (Å²) >= 11 is 0. The Hall–Kier alpha value is -4.21. The van der Waals surface area contributed by atoms with Gasteiger partial charge in [0.25, 0.3) is 0 Å². The van der Waals surface area contributed by atoms with Crippen LogP contribution in [0.1, 0.15) is 56.2 Å². The summed E-state index contributed by atoms with van der Waals surface area (Å²) in [7, 11) is 1.56. The molecule has 0 saturated heterocycles. The molecule has 4 aromatic rings. The van der Waals surface area contributed by atoms with Crippen molar-refractivity contribution in [3.05, 3.63) is 59.6 Å². The summed E-state index contributed by atoms with van der Waals surface area (Å²) in [5.74, 6) is 1.12. The van der Waals surface area contributed by atoms with E-state index < -0.39 is 11.9 Å². The quantitative estimate of drug-likeness (QED) is 0.209. The molecule has 2 aliphatic rings. The van der Waals surface area contributed by atoms with Crippen LogP contribution in [0, 0.1) is 30.1 Å². The van der Waals surface area contributed by atoms with E-state index in [4.69, 9.17) is 19.8 Å². The van der Waals surface area contributed by atoms with Crippen LogP contribution >= 0.6 is 0 Å². The van der Waals surface area contributed by atoms with Gasteiger partial charge in [-0.1, -0.05) is 0 Å². The number of nitrogens with one attached hydrogen (secondary N) is 1. The predicted octanol–water partition coefficient (Wildman–Crippen LogP) is 3.99. The standard InChI is InChI=1S/C31H37FN8O3/c1-19(35-18-33)9-21-11-31(3,12-21)38-7-8-39-25(16-38)20(2)29(37-39)22-10-26(30-27(42-4)14-36-40(30)15-22)43-28(17-41)24-6-5-23(32)13-34-24/h5-6,10,13-15,19,21,28,35,41H,7-9,11-12,16-17H2,1-4H3/t19-,21?,28-,31?/m1/s1. The van der Waals surface area contributed by atoms with E-state index >= 15 is 0 Å². The molecule has 226 valence electrons. The van der Waals surface area contributed by atoms with Crippen LogP contribution in [0.4, 0.5) is 4.39 Å². The number of ether oxygens (including phenoxy) is 2. The van der Waals surface area contributed by atoms with Gasteiger partial charge in [0.05, 0.1) is 49.7 Å². The van der Waals surface area contributed by atoms with Crippen molar-refractivity contribution in [2.75, 3.05) is 20.3 Å². The summed E-state index contributed by atoms with van der Waals surface area (Å²) in [6, 6.07) is 4.88. The highest BCUT2D eigenvalue weighted by molar-refractivity contribution is 5.75. The van der Waals surface area contributed by atoms with Gasteiger partial charge < -0.3 is 19.9 Å². The summed E-state index contributed by atoms with van der Waals surface area (Å²) < 4.78 is 29.2. The SMILES string of the molecule is COc1cnn2cc(-c3nn4c(c3C)CN(C3(C)CC(C[C@@H](C)NC#N)C3)CC4)cc(O[C@H](CO)c3ccc(F)cn3)c12. The van der Waals surface area contributed by atoms with Crippen molar-refractivity contribution in [2.24, 2.45) is 5.92 Å². The number of aromatic nitrogens is 5. The fraction of sp³-hybridized carbons (Fsp3) is 0.484. The number of aliphatic hydroxyl groups excluding tert-OH is 1. The van der Waals surface area contributed by atoms with Crippen LogP contribution in [0.3, 0.4) is 0 Å². The molecular formula is C31H37FN8O3. The molecule has 0 bridgehead atoms. The maximum absolute atomic E-state index is 13.5. The number of rotatable bonds is 10. The largest absolute Gasteiger partial charge is 0.493 e. The predicted molar refractivity (Wildman–Crippen MR) is 157 cm³/mol. The maximum atomic E-state index is 13.5. The molecule has 1 fully saturated rings. The first-order valence-electron chi connectivity index (χ1n) is 14.6. The number of pyridine rings is 2. The number of fused-ring (bicyclic) bond motifs is 2. The zero-order chi connectivity index (χ0) is 30.3. The van der Waals surface area contributed by atoms with E-state index in [1.165, 1.54) is 17.8 Å². The summed E-state index contributed by atoms with van der Waals surface area (Å²) in [6.45, 7) is 8.71. The summed E-state index contributed by atoms with van der Waals surface area (Å²) in [6.07, 6.45) is 9.12. The Bertz CT molecular complexity index is 1650. The topological polar surface area (TPSA) is 126 Å². The smallest absolute Gasteiger partial charge is 0.176 e. The Morgan fingerprint density at radius 1 is 1.26 bits per heavy atom. The van der Waals surface area contributed by atoms with E-state index in [1.807, 2.05) is 12.3 Å². The molecule has 6 rings (SSSR count). The minimum absolute atomic E-state index is 0.137. The molecule has 5 heterocycles. The lowest BCUT2D eigenvalue weighted by molar-refractivity contribution is -0.0336. The summed E-state index contributed by atoms with van der Waals surface area (Å²) in [5, 5.41) is 31.4. The van der Waals surface area contributed by atoms with Crippen LogP contribution in [0.5, 0.6) is 11.5 Å². The van der Waals surface area contributed by atoms with Gasteiger partial charge >= 0.3 is 0 Å². The number of halogens is 1. The van der Waals surface area contributed by atoms with Crippen molar-refractivity contribution in [1.29, 1.82) is 5.26 Å². The van der Waals surface area contributed by atoms with Gasteiger partial charge in [0.2, 0.25) is 0 Å². The van der Waals surface area contributed by atoms with Crippen molar-refractivity contribution in [3.63, 3.8) is 0 Å². The monoisotopic (exact) mass is 588 g/mol. The van der Waals surface area contributed by atoms with Gasteiger partial charge in [0, 0.05) is 36.4 Å². The van der Waals surface area contributed by atoms with Crippen LogP contribution in [0.15, 0.2) is 36.8 Å². The third-order valence-electron chi connectivity index (χ3n) is 9.01. The fourth-order valence-corrected chi connectivity index (χ4v) is 6.81. The van der Waals surface area contributed by atoms with E-state index in [2.05, 4.69) is 51.9 Å². The fourth-order valence-electron chi connectivity index (χ4n) is 6.81. The molecule has 4 aromatic heterocycles. The summed E-state index contributed by atoms with van der Waals surface area (Å²) in [5.41, 5.74) is 5.09. The van der Waals surface area contributed by atoms with Crippen molar-refractivity contribution < 1.29 is 19.0 Å². The van der Waals surface area contributed by atoms with E-state index in [9.17, 15) is 9.50 Å². The molecule has 0 radical (unpaired) electrons. The zero-order valence-electron chi connectivity index (χ0n) is 24.9. The second kappa shape index (κ2) is 11.5. The molecule has 2 atom stereocenters. The Balaban J connectivity index is 1.28. The minimum Gasteiger partial charge on any atom is -0.493 e. The lowest BCUT2D eigenvalue weighted by atomic mass is 9.66. The van der Waals surface area contributed by atoms with Crippen molar-refractivity contribution in [2.45, 2.75) is 70.8 Å². The normalized spacial score (nSPS) is 21.5. The number of nitriles is 1. The van der Waals surface area contributed by atoms with Gasteiger partial charge in [-0.2, -0.15) is 15.5 Å². The van der Waals surface area contributed by atoms with E-state index in [1.54, 1.807) is 17.8 Å². The molecule has 0 spiro atoms. The number of hydrogen-bond donors (Lipinski definition) is 2. The molecule has 11 nitrogen and oxygen atoms in total. The van der Waals surface area contributed by atoms with Gasteiger partial charge in [0.1, 0.15) is 5.82 Å². The molecular weight excluding hydrogens is 551 g/mol. The second-order valence-electron chi connectivity index (χ2n) is 12.0. The van der Waals surface area contributed by atoms with Crippen molar-refractivity contribution in [1.82, 2.24) is 34.6 Å². The van der Waals surface area contributed by atoms with E-state index in [0.717, 1.165) is 61.9 Å². The third-order valence-corrected chi connectivity index (χ3v) is 9.01. The highest BCUT2D eigenvalue weighted by Crippen LogP contribution is 2.46. The van der Waals surface area contributed by atoms with Gasteiger partial charge in [0.15, 0.2) is 29.3 Å². The Morgan fingerprint density at radius 3 is 2.77 bits per heavy atom. The first-order valence-corrected chi connectivity index (χ1v) is 14.6. The van der Waals surface area contributed by atoms with Gasteiger partial charge in [-0.15, -0.1) is 0 Å². The van der Waals surface area contributed by atoms with E-state index in [-0.39, 0.29) is 18.2 Å². The van der Waals surface area contributed by atoms with Crippen LogP contribution in [0.2, 0.25) is 0 Å². The second-order valence-corrected chi connectivity index (χ2v) is 12.0. The molecule has 1 aliphatic carbocycles. The van der Waals surface area contributed by atoms with Crippen LogP contribution < -0.4 is 14.8 Å². The number of methoxy groups -OCH3 is 1. The Morgan fingerprint density at radius 2 is 2.07 bits per heavy atom. The molecule has 1 saturated carbocycles. The first kappa shape index (κ1) is 28.9. The molecule has 2 N–H and O–H groups in total.